The van der Waals surface area contributed by atoms with E-state index < -0.39 is 0 Å². The van der Waals surface area contributed by atoms with Gasteiger partial charge in [-0.25, -0.2) is 0 Å². The summed E-state index contributed by atoms with van der Waals surface area (Å²) >= 11 is 1.33. The molecule has 23 heavy (non-hydrogen) atoms. The minimum Gasteiger partial charge on any atom is -0.495 e. The number of nitrogens with zero attached hydrogens (tertiary/aromatic N) is 2. The maximum Gasteiger partial charge on any atom is 0.254 e. The average molecular weight is 331 g/mol. The van der Waals surface area contributed by atoms with Crippen LogP contribution < -0.4 is 15.0 Å². The van der Waals surface area contributed by atoms with Gasteiger partial charge in [0.15, 0.2) is 0 Å². The minimum atomic E-state index is -0.00742. The van der Waals surface area contributed by atoms with E-state index in [1.165, 1.54) is 11.5 Å². The minimum absolute atomic E-state index is 0.00742. The summed E-state index contributed by atoms with van der Waals surface area (Å²) in [4.78, 5) is 14.6. The molecule has 0 saturated carbocycles. The number of ether oxygens (including phenoxy) is 1. The topological polar surface area (TPSA) is 54.5 Å². The molecule has 1 aliphatic rings. The number of aryl methyl sites for hydroxylation is 1. The fraction of sp³-hybridized carbons (Fsp3) is 0.412. The van der Waals surface area contributed by atoms with E-state index >= 15 is 0 Å². The Bertz CT molecular complexity index is 678. The fourth-order valence-electron chi connectivity index (χ4n) is 2.93. The molecular weight excluding hydrogens is 310 g/mol. The van der Waals surface area contributed by atoms with Crippen molar-refractivity contribution in [3.8, 4) is 5.75 Å². The standard InChI is InChI=1S/C17H21N3O2S/c1-12-14(11-23-19-12)17(21)18-13-7-9-20(10-8-13)15-5-3-4-6-16(15)22-2/h3-6,11,13H,7-10H2,1-2H3,(H,18,21). The summed E-state index contributed by atoms with van der Waals surface area (Å²) in [5.41, 5.74) is 2.62. The summed E-state index contributed by atoms with van der Waals surface area (Å²) in [5.74, 6) is 0.891. The molecule has 0 atom stereocenters. The number of para-hydroxylation sites is 2. The molecule has 1 N–H and O–H groups in total. The predicted octanol–water partition coefficient (Wildman–Crippen LogP) is 2.86. The molecule has 0 aliphatic carbocycles. The summed E-state index contributed by atoms with van der Waals surface area (Å²) in [7, 11) is 1.70. The first-order valence-electron chi connectivity index (χ1n) is 7.79. The van der Waals surface area contributed by atoms with Crippen LogP contribution in [0.5, 0.6) is 5.75 Å². The monoisotopic (exact) mass is 331 g/mol. The Morgan fingerprint density at radius 3 is 2.74 bits per heavy atom. The van der Waals surface area contributed by atoms with Crippen LogP contribution >= 0.6 is 11.5 Å². The molecular formula is C17H21N3O2S. The van der Waals surface area contributed by atoms with Gasteiger partial charge in [0.1, 0.15) is 5.75 Å². The zero-order chi connectivity index (χ0) is 16.2. The van der Waals surface area contributed by atoms with Crippen LogP contribution in [0.3, 0.4) is 0 Å². The van der Waals surface area contributed by atoms with Gasteiger partial charge in [-0.15, -0.1) is 0 Å². The van der Waals surface area contributed by atoms with Crippen LogP contribution in [0.25, 0.3) is 0 Å². The highest BCUT2D eigenvalue weighted by atomic mass is 32.1. The number of hydrogen-bond acceptors (Lipinski definition) is 5. The van der Waals surface area contributed by atoms with Gasteiger partial charge < -0.3 is 15.0 Å². The van der Waals surface area contributed by atoms with Gasteiger partial charge in [-0.3, -0.25) is 4.79 Å². The van der Waals surface area contributed by atoms with Crippen LogP contribution in [0.1, 0.15) is 28.9 Å². The van der Waals surface area contributed by atoms with Crippen molar-refractivity contribution >= 4 is 23.1 Å². The van der Waals surface area contributed by atoms with Crippen molar-refractivity contribution in [1.82, 2.24) is 9.69 Å². The number of piperidine rings is 1. The Morgan fingerprint density at radius 2 is 2.09 bits per heavy atom. The highest BCUT2D eigenvalue weighted by Crippen LogP contribution is 2.29. The van der Waals surface area contributed by atoms with Gasteiger partial charge in [0.2, 0.25) is 0 Å². The first-order valence-corrected chi connectivity index (χ1v) is 8.62. The van der Waals surface area contributed by atoms with E-state index in [9.17, 15) is 4.79 Å². The quantitative estimate of drug-likeness (QED) is 0.936. The Hall–Kier alpha value is -2.08. The van der Waals surface area contributed by atoms with Gasteiger partial charge in [-0.2, -0.15) is 4.37 Å². The number of methoxy groups -OCH3 is 1. The first-order chi connectivity index (χ1) is 11.2. The molecule has 1 aromatic carbocycles. The van der Waals surface area contributed by atoms with Crippen molar-refractivity contribution in [2.24, 2.45) is 0 Å². The van der Waals surface area contributed by atoms with Gasteiger partial charge in [0, 0.05) is 24.5 Å². The number of hydrogen-bond donors (Lipinski definition) is 1. The van der Waals surface area contributed by atoms with Gasteiger partial charge in [-0.1, -0.05) is 12.1 Å². The smallest absolute Gasteiger partial charge is 0.254 e. The third-order valence-corrected chi connectivity index (χ3v) is 4.97. The average Bonchev–Trinajstić information content (AvgIpc) is 3.02. The largest absolute Gasteiger partial charge is 0.495 e. The molecule has 1 saturated heterocycles. The van der Waals surface area contributed by atoms with E-state index in [4.69, 9.17) is 4.74 Å². The van der Waals surface area contributed by atoms with E-state index in [1.54, 1.807) is 7.11 Å². The normalized spacial score (nSPS) is 15.5. The maximum atomic E-state index is 12.3. The second kappa shape index (κ2) is 7.00. The van der Waals surface area contributed by atoms with Gasteiger partial charge in [0.25, 0.3) is 5.91 Å². The molecule has 0 bridgehead atoms. The second-order valence-corrected chi connectivity index (χ2v) is 6.35. The molecule has 2 aromatic rings. The Labute approximate surface area is 140 Å². The number of benzene rings is 1. The molecule has 6 heteroatoms. The highest BCUT2D eigenvalue weighted by Gasteiger charge is 2.23. The number of aromatic nitrogens is 1. The number of anilines is 1. The van der Waals surface area contributed by atoms with Crippen LogP contribution in [0.2, 0.25) is 0 Å². The third kappa shape index (κ3) is 3.47. The van der Waals surface area contributed by atoms with Crippen molar-refractivity contribution in [1.29, 1.82) is 0 Å². The molecule has 1 aromatic heterocycles. The molecule has 2 heterocycles. The van der Waals surface area contributed by atoms with Crippen LogP contribution in [0.4, 0.5) is 5.69 Å². The zero-order valence-electron chi connectivity index (χ0n) is 13.4. The highest BCUT2D eigenvalue weighted by molar-refractivity contribution is 7.03. The van der Waals surface area contributed by atoms with Crippen LogP contribution in [-0.4, -0.2) is 36.5 Å². The number of carbonyl (C=O) groups is 1. The lowest BCUT2D eigenvalue weighted by molar-refractivity contribution is 0.0930. The lowest BCUT2D eigenvalue weighted by atomic mass is 10.0. The summed E-state index contributed by atoms with van der Waals surface area (Å²) in [6.45, 7) is 3.69. The second-order valence-electron chi connectivity index (χ2n) is 5.72. The van der Waals surface area contributed by atoms with Crippen LogP contribution in [-0.2, 0) is 0 Å². The number of nitrogens with one attached hydrogen (secondary N) is 1. The molecule has 1 fully saturated rings. The SMILES string of the molecule is COc1ccccc1N1CCC(NC(=O)c2csnc2C)CC1. The van der Waals surface area contributed by atoms with E-state index in [2.05, 4.69) is 20.7 Å². The third-order valence-electron chi connectivity index (χ3n) is 4.25. The number of rotatable bonds is 4. The van der Waals surface area contributed by atoms with E-state index in [0.717, 1.165) is 43.1 Å². The molecule has 0 spiro atoms. The van der Waals surface area contributed by atoms with Crippen molar-refractivity contribution in [3.63, 3.8) is 0 Å². The van der Waals surface area contributed by atoms with Crippen molar-refractivity contribution in [3.05, 3.63) is 40.9 Å². The van der Waals surface area contributed by atoms with E-state index in [0.29, 0.717) is 5.56 Å². The van der Waals surface area contributed by atoms with Gasteiger partial charge >= 0.3 is 0 Å². The van der Waals surface area contributed by atoms with Crippen molar-refractivity contribution < 1.29 is 9.53 Å². The van der Waals surface area contributed by atoms with Crippen LogP contribution in [0.15, 0.2) is 29.6 Å². The molecule has 122 valence electrons. The van der Waals surface area contributed by atoms with Crippen LogP contribution in [0, 0.1) is 6.92 Å². The van der Waals surface area contributed by atoms with Gasteiger partial charge in [0.05, 0.1) is 24.1 Å². The van der Waals surface area contributed by atoms with Crippen molar-refractivity contribution in [2.75, 3.05) is 25.1 Å². The lowest BCUT2D eigenvalue weighted by Crippen LogP contribution is -2.44. The Kier molecular flexibility index (Phi) is 4.81. The van der Waals surface area contributed by atoms with Crippen molar-refractivity contribution in [2.45, 2.75) is 25.8 Å². The zero-order valence-corrected chi connectivity index (χ0v) is 14.2. The summed E-state index contributed by atoms with van der Waals surface area (Å²) in [5, 5.41) is 4.95. The molecule has 1 aliphatic heterocycles. The fourth-order valence-corrected chi connectivity index (χ4v) is 3.62. The summed E-state index contributed by atoms with van der Waals surface area (Å²) in [6.07, 6.45) is 1.86. The Balaban J connectivity index is 1.58. The molecule has 5 nitrogen and oxygen atoms in total. The Morgan fingerprint density at radius 1 is 1.35 bits per heavy atom. The van der Waals surface area contributed by atoms with E-state index in [1.807, 2.05) is 30.5 Å². The maximum absolute atomic E-state index is 12.3. The first kappa shape index (κ1) is 15.8. The van der Waals surface area contributed by atoms with E-state index in [-0.39, 0.29) is 11.9 Å². The molecule has 1 amide bonds. The number of amides is 1. The summed E-state index contributed by atoms with van der Waals surface area (Å²) < 4.78 is 9.60. The summed E-state index contributed by atoms with van der Waals surface area (Å²) in [6, 6.07) is 8.28. The molecule has 3 rings (SSSR count). The molecule has 0 radical (unpaired) electrons. The molecule has 0 unspecified atom stereocenters. The predicted molar refractivity (Wildman–Crippen MR) is 92.5 cm³/mol. The van der Waals surface area contributed by atoms with Gasteiger partial charge in [-0.05, 0) is 43.4 Å². The number of carbonyl (C=O) groups excluding carboxylic acids is 1. The lowest BCUT2D eigenvalue weighted by Gasteiger charge is -2.34.